The molecule has 0 atom stereocenters. The summed E-state index contributed by atoms with van der Waals surface area (Å²) in [4.78, 5) is 23.7. The summed E-state index contributed by atoms with van der Waals surface area (Å²) in [6.07, 6.45) is -0.447. The average molecular weight is 291 g/mol. The molecule has 0 saturated carbocycles. The zero-order valence-electron chi connectivity index (χ0n) is 13.7. The van der Waals surface area contributed by atoms with Crippen molar-refractivity contribution in [1.82, 2.24) is 5.32 Å². The topological polar surface area (TPSA) is 55.4 Å². The van der Waals surface area contributed by atoms with Crippen LogP contribution in [0, 0.1) is 5.41 Å². The average Bonchev–Trinajstić information content (AvgIpc) is 2.33. The summed E-state index contributed by atoms with van der Waals surface area (Å²) in [5, 5.41) is 2.69. The molecule has 1 N–H and O–H groups in total. The summed E-state index contributed by atoms with van der Waals surface area (Å²) in [6.45, 7) is 11.5. The number of Topliss-reactive ketones (excluding diaryl/α,β-unsaturated/α-hetero) is 1. The highest BCUT2D eigenvalue weighted by Crippen LogP contribution is 2.20. The summed E-state index contributed by atoms with van der Waals surface area (Å²) in [5.74, 6) is 0.106. The number of ketones is 1. The molecule has 1 aromatic carbocycles. The molecule has 0 saturated heterocycles. The van der Waals surface area contributed by atoms with E-state index < -0.39 is 17.1 Å². The van der Waals surface area contributed by atoms with E-state index in [1.54, 1.807) is 12.1 Å². The molecule has 1 aromatic rings. The van der Waals surface area contributed by atoms with Crippen LogP contribution in [0.1, 0.15) is 57.5 Å². The van der Waals surface area contributed by atoms with Gasteiger partial charge in [0.1, 0.15) is 5.60 Å². The molecule has 1 rings (SSSR count). The maximum Gasteiger partial charge on any atom is 0.407 e. The summed E-state index contributed by atoms with van der Waals surface area (Å²) in [7, 11) is 0. The van der Waals surface area contributed by atoms with E-state index in [4.69, 9.17) is 4.74 Å². The third-order valence-electron chi connectivity index (χ3n) is 2.73. The summed E-state index contributed by atoms with van der Waals surface area (Å²) in [6, 6.07) is 7.27. The minimum atomic E-state index is -0.507. The van der Waals surface area contributed by atoms with Crippen molar-refractivity contribution in [2.24, 2.45) is 5.41 Å². The minimum absolute atomic E-state index is 0.106. The molecule has 0 aliphatic rings. The number of amides is 1. The highest BCUT2D eigenvalue weighted by atomic mass is 16.6. The van der Waals surface area contributed by atoms with Crippen molar-refractivity contribution in [1.29, 1.82) is 0 Å². The SMILES string of the molecule is CC(C)(C)OC(=O)NCc1ccc(C(=O)C(C)(C)C)cc1. The predicted octanol–water partition coefficient (Wildman–Crippen LogP) is 3.94. The van der Waals surface area contributed by atoms with Crippen molar-refractivity contribution in [3.63, 3.8) is 0 Å². The standard InChI is InChI=1S/C17H25NO3/c1-16(2,3)14(19)13-9-7-12(8-10-13)11-18-15(20)21-17(4,5)6/h7-10H,11H2,1-6H3,(H,18,20). The van der Waals surface area contributed by atoms with E-state index in [0.29, 0.717) is 12.1 Å². The normalized spacial score (nSPS) is 11.9. The first kappa shape index (κ1) is 17.2. The van der Waals surface area contributed by atoms with Gasteiger partial charge < -0.3 is 10.1 Å². The van der Waals surface area contributed by atoms with Crippen LogP contribution in [0.25, 0.3) is 0 Å². The summed E-state index contributed by atoms with van der Waals surface area (Å²) < 4.78 is 5.16. The first-order valence-electron chi connectivity index (χ1n) is 7.09. The quantitative estimate of drug-likeness (QED) is 0.858. The molecule has 1 amide bonds. The fraction of sp³-hybridized carbons (Fsp3) is 0.529. The van der Waals surface area contributed by atoms with Crippen LogP contribution < -0.4 is 5.32 Å². The lowest BCUT2D eigenvalue weighted by Gasteiger charge is -2.19. The first-order chi connectivity index (χ1) is 9.49. The molecule has 21 heavy (non-hydrogen) atoms. The Bertz CT molecular complexity index is 504. The van der Waals surface area contributed by atoms with Gasteiger partial charge in [-0.2, -0.15) is 0 Å². The molecule has 0 radical (unpaired) electrons. The number of hydrogen-bond acceptors (Lipinski definition) is 3. The van der Waals surface area contributed by atoms with Crippen LogP contribution in [0.4, 0.5) is 4.79 Å². The van der Waals surface area contributed by atoms with E-state index in [1.807, 2.05) is 53.7 Å². The monoisotopic (exact) mass is 291 g/mol. The Hall–Kier alpha value is -1.84. The molecule has 0 heterocycles. The van der Waals surface area contributed by atoms with Crippen molar-refractivity contribution >= 4 is 11.9 Å². The number of carbonyl (C=O) groups excluding carboxylic acids is 2. The molecular formula is C17H25NO3. The molecule has 0 aliphatic carbocycles. The number of nitrogens with one attached hydrogen (secondary N) is 1. The van der Waals surface area contributed by atoms with Crippen molar-refractivity contribution in [3.05, 3.63) is 35.4 Å². The van der Waals surface area contributed by atoms with Gasteiger partial charge in [-0.25, -0.2) is 4.79 Å². The van der Waals surface area contributed by atoms with Crippen LogP contribution in [0.15, 0.2) is 24.3 Å². The van der Waals surface area contributed by atoms with E-state index in [9.17, 15) is 9.59 Å². The zero-order chi connectivity index (χ0) is 16.3. The van der Waals surface area contributed by atoms with Gasteiger partial charge in [-0.15, -0.1) is 0 Å². The Balaban J connectivity index is 2.60. The maximum absolute atomic E-state index is 12.1. The third-order valence-corrected chi connectivity index (χ3v) is 2.73. The number of rotatable bonds is 3. The van der Waals surface area contributed by atoms with Gasteiger partial charge >= 0.3 is 6.09 Å². The van der Waals surface area contributed by atoms with E-state index >= 15 is 0 Å². The largest absolute Gasteiger partial charge is 0.444 e. The van der Waals surface area contributed by atoms with Crippen LogP contribution in [-0.4, -0.2) is 17.5 Å². The number of hydrogen-bond donors (Lipinski definition) is 1. The van der Waals surface area contributed by atoms with Crippen molar-refractivity contribution in [2.75, 3.05) is 0 Å². The number of carbonyl (C=O) groups is 2. The molecule has 0 aliphatic heterocycles. The van der Waals surface area contributed by atoms with Gasteiger partial charge in [-0.3, -0.25) is 4.79 Å². The van der Waals surface area contributed by atoms with Crippen LogP contribution in [0.3, 0.4) is 0 Å². The highest BCUT2D eigenvalue weighted by molar-refractivity contribution is 5.99. The third kappa shape index (κ3) is 5.98. The van der Waals surface area contributed by atoms with Gasteiger partial charge in [-0.05, 0) is 26.3 Å². The highest BCUT2D eigenvalue weighted by Gasteiger charge is 2.22. The second kappa shape index (κ2) is 6.29. The Kier molecular flexibility index (Phi) is 5.15. The lowest BCUT2D eigenvalue weighted by Crippen LogP contribution is -2.32. The Morgan fingerprint density at radius 1 is 1.00 bits per heavy atom. The Morgan fingerprint density at radius 2 is 1.52 bits per heavy atom. The van der Waals surface area contributed by atoms with Crippen LogP contribution in [-0.2, 0) is 11.3 Å². The molecule has 0 fully saturated rings. The fourth-order valence-corrected chi connectivity index (χ4v) is 1.70. The Morgan fingerprint density at radius 3 is 1.95 bits per heavy atom. The van der Waals surface area contributed by atoms with E-state index in [1.165, 1.54) is 0 Å². The molecule has 4 nitrogen and oxygen atoms in total. The number of benzene rings is 1. The second-order valence-corrected chi connectivity index (χ2v) is 7.13. The maximum atomic E-state index is 12.1. The predicted molar refractivity (Wildman–Crippen MR) is 83.3 cm³/mol. The van der Waals surface area contributed by atoms with Gasteiger partial charge in [0.05, 0.1) is 0 Å². The van der Waals surface area contributed by atoms with Crippen LogP contribution >= 0.6 is 0 Å². The zero-order valence-corrected chi connectivity index (χ0v) is 13.7. The van der Waals surface area contributed by atoms with Gasteiger partial charge in [0.2, 0.25) is 0 Å². The van der Waals surface area contributed by atoms with Crippen molar-refractivity contribution < 1.29 is 14.3 Å². The number of ether oxygens (including phenoxy) is 1. The van der Waals surface area contributed by atoms with Gasteiger partial charge in [0.15, 0.2) is 5.78 Å². The van der Waals surface area contributed by atoms with Gasteiger partial charge in [0, 0.05) is 17.5 Å². The minimum Gasteiger partial charge on any atom is -0.444 e. The van der Waals surface area contributed by atoms with Crippen molar-refractivity contribution in [2.45, 2.75) is 53.7 Å². The van der Waals surface area contributed by atoms with E-state index in [2.05, 4.69) is 5.32 Å². The Labute approximate surface area is 126 Å². The van der Waals surface area contributed by atoms with Crippen molar-refractivity contribution in [3.8, 4) is 0 Å². The van der Waals surface area contributed by atoms with Crippen LogP contribution in [0.5, 0.6) is 0 Å². The fourth-order valence-electron chi connectivity index (χ4n) is 1.70. The summed E-state index contributed by atoms with van der Waals surface area (Å²) >= 11 is 0. The first-order valence-corrected chi connectivity index (χ1v) is 7.09. The second-order valence-electron chi connectivity index (χ2n) is 7.13. The van der Waals surface area contributed by atoms with E-state index in [0.717, 1.165) is 5.56 Å². The molecule has 4 heteroatoms. The molecular weight excluding hydrogens is 266 g/mol. The molecule has 0 unspecified atom stereocenters. The molecule has 116 valence electrons. The van der Waals surface area contributed by atoms with Gasteiger partial charge in [-0.1, -0.05) is 45.0 Å². The molecule has 0 bridgehead atoms. The smallest absolute Gasteiger partial charge is 0.407 e. The lowest BCUT2D eigenvalue weighted by molar-refractivity contribution is 0.0523. The molecule has 0 spiro atoms. The molecule has 0 aromatic heterocycles. The summed E-state index contributed by atoms with van der Waals surface area (Å²) in [5.41, 5.74) is 0.707. The van der Waals surface area contributed by atoms with Gasteiger partial charge in [0.25, 0.3) is 0 Å². The lowest BCUT2D eigenvalue weighted by atomic mass is 9.86. The number of alkyl carbamates (subject to hydrolysis) is 1. The van der Waals surface area contributed by atoms with Crippen LogP contribution in [0.2, 0.25) is 0 Å². The van der Waals surface area contributed by atoms with E-state index in [-0.39, 0.29) is 5.78 Å².